The molecule has 0 radical (unpaired) electrons. The molecule has 5 nitrogen and oxygen atoms in total. The van der Waals surface area contributed by atoms with E-state index in [4.69, 9.17) is 39.5 Å². The first kappa shape index (κ1) is 17.1. The number of carbonyl (C=O) groups is 1. The summed E-state index contributed by atoms with van der Waals surface area (Å²) in [6, 6.07) is 2.95. The number of aryl methyl sites for hydroxylation is 1. The summed E-state index contributed by atoms with van der Waals surface area (Å²) in [5, 5.41) is 0.269. The third-order valence-corrected chi connectivity index (χ3v) is 3.63. The Morgan fingerprint density at radius 2 is 2.00 bits per heavy atom. The van der Waals surface area contributed by atoms with Crippen LogP contribution in [0.15, 0.2) is 23.1 Å². The minimum atomic E-state index is -1.69. The van der Waals surface area contributed by atoms with E-state index in [-0.39, 0.29) is 23.3 Å². The Balaban J connectivity index is 2.75. The van der Waals surface area contributed by atoms with Gasteiger partial charge in [-0.1, -0.05) is 34.8 Å². The molecule has 0 amide bonds. The fourth-order valence-electron chi connectivity index (χ4n) is 2.02. The Labute approximate surface area is 141 Å². The van der Waals surface area contributed by atoms with Crippen LogP contribution >= 0.6 is 34.8 Å². The zero-order valence-electron chi connectivity index (χ0n) is 11.9. The monoisotopic (exact) mass is 362 g/mol. The molecule has 22 heavy (non-hydrogen) atoms. The van der Waals surface area contributed by atoms with Crippen LogP contribution in [0.2, 0.25) is 0 Å². The minimum Gasteiger partial charge on any atom is -0.462 e. The van der Waals surface area contributed by atoms with E-state index in [1.54, 1.807) is 11.5 Å². The van der Waals surface area contributed by atoms with Crippen LogP contribution in [0, 0.1) is 0 Å². The second-order valence-electron chi connectivity index (χ2n) is 4.44. The first-order valence-electron chi connectivity index (χ1n) is 6.58. The largest absolute Gasteiger partial charge is 0.462 e. The number of fused-ring (bicyclic) bond motifs is 1. The molecule has 0 aliphatic heterocycles. The maximum Gasteiger partial charge on any atom is 0.343 e. The molecule has 118 valence electrons. The predicted octanol–water partition coefficient (Wildman–Crippen LogP) is 3.42. The van der Waals surface area contributed by atoms with Gasteiger partial charge >= 0.3 is 5.97 Å². The summed E-state index contributed by atoms with van der Waals surface area (Å²) in [6.07, 6.45) is 1.41. The average Bonchev–Trinajstić information content (AvgIpc) is 2.46. The number of alkyl halides is 3. The first-order valence-corrected chi connectivity index (χ1v) is 7.71. The van der Waals surface area contributed by atoms with Gasteiger partial charge < -0.3 is 9.30 Å². The van der Waals surface area contributed by atoms with E-state index in [1.165, 1.54) is 18.3 Å². The van der Waals surface area contributed by atoms with E-state index in [2.05, 4.69) is 4.98 Å². The van der Waals surface area contributed by atoms with Gasteiger partial charge in [0.15, 0.2) is 0 Å². The van der Waals surface area contributed by atoms with Gasteiger partial charge in [0, 0.05) is 12.7 Å². The van der Waals surface area contributed by atoms with Crippen LogP contribution in [0.1, 0.15) is 29.9 Å². The third-order valence-electron chi connectivity index (χ3n) is 3.05. The molecule has 0 N–H and O–H groups in total. The third kappa shape index (κ3) is 3.21. The second kappa shape index (κ2) is 6.44. The van der Waals surface area contributed by atoms with Crippen LogP contribution in [0.4, 0.5) is 0 Å². The SMILES string of the molecule is CCOC(=O)c1cn(CC)c2nc(C(Cl)(Cl)Cl)ccc2c1=O. The van der Waals surface area contributed by atoms with E-state index in [0.29, 0.717) is 12.2 Å². The van der Waals surface area contributed by atoms with Gasteiger partial charge in [0.25, 0.3) is 0 Å². The summed E-state index contributed by atoms with van der Waals surface area (Å²) < 4.78 is 4.85. The van der Waals surface area contributed by atoms with Gasteiger partial charge in [-0.25, -0.2) is 9.78 Å². The molecular weight excluding hydrogens is 351 g/mol. The maximum atomic E-state index is 12.4. The molecule has 8 heteroatoms. The molecule has 2 aromatic heterocycles. The highest BCUT2D eigenvalue weighted by Crippen LogP contribution is 2.37. The van der Waals surface area contributed by atoms with Crippen molar-refractivity contribution in [2.24, 2.45) is 0 Å². The van der Waals surface area contributed by atoms with Crippen LogP contribution in [-0.4, -0.2) is 22.1 Å². The lowest BCUT2D eigenvalue weighted by Gasteiger charge is -2.14. The van der Waals surface area contributed by atoms with E-state index < -0.39 is 15.2 Å². The van der Waals surface area contributed by atoms with E-state index in [1.807, 2.05) is 6.92 Å². The Morgan fingerprint density at radius 1 is 1.32 bits per heavy atom. The lowest BCUT2D eigenvalue weighted by molar-refractivity contribution is 0.0524. The topological polar surface area (TPSA) is 61.2 Å². The van der Waals surface area contributed by atoms with Crippen LogP contribution in [0.5, 0.6) is 0 Å². The number of hydrogen-bond donors (Lipinski definition) is 0. The van der Waals surface area contributed by atoms with E-state index in [0.717, 1.165) is 0 Å². The highest BCUT2D eigenvalue weighted by Gasteiger charge is 2.26. The Bertz CT molecular complexity index is 781. The molecule has 0 atom stereocenters. The van der Waals surface area contributed by atoms with Crippen molar-refractivity contribution in [3.05, 3.63) is 39.8 Å². The summed E-state index contributed by atoms with van der Waals surface area (Å²) in [5.41, 5.74) is 0.0565. The van der Waals surface area contributed by atoms with Crippen molar-refractivity contribution in [3.8, 4) is 0 Å². The molecule has 0 aromatic carbocycles. The summed E-state index contributed by atoms with van der Waals surface area (Å²) >= 11 is 17.5. The van der Waals surface area contributed by atoms with Crippen molar-refractivity contribution < 1.29 is 9.53 Å². The van der Waals surface area contributed by atoms with Gasteiger partial charge in [-0.05, 0) is 26.0 Å². The van der Waals surface area contributed by atoms with Crippen LogP contribution < -0.4 is 5.43 Å². The second-order valence-corrected chi connectivity index (χ2v) is 6.73. The highest BCUT2D eigenvalue weighted by atomic mass is 35.6. The van der Waals surface area contributed by atoms with E-state index in [9.17, 15) is 9.59 Å². The van der Waals surface area contributed by atoms with Crippen molar-refractivity contribution >= 4 is 51.8 Å². The normalized spacial score (nSPS) is 11.7. The molecule has 0 unspecified atom stereocenters. The van der Waals surface area contributed by atoms with Crippen LogP contribution in [-0.2, 0) is 15.1 Å². The van der Waals surface area contributed by atoms with Crippen molar-refractivity contribution in [3.63, 3.8) is 0 Å². The summed E-state index contributed by atoms with van der Waals surface area (Å²) in [7, 11) is 0. The van der Waals surface area contributed by atoms with Gasteiger partial charge in [-0.3, -0.25) is 4.79 Å². The molecular formula is C14H13Cl3N2O3. The molecule has 2 aromatic rings. The smallest absolute Gasteiger partial charge is 0.343 e. The number of nitrogens with zero attached hydrogens (tertiary/aromatic N) is 2. The van der Waals surface area contributed by atoms with Gasteiger partial charge in [-0.2, -0.15) is 0 Å². The van der Waals surface area contributed by atoms with Crippen LogP contribution in [0.25, 0.3) is 11.0 Å². The summed E-state index contributed by atoms with van der Waals surface area (Å²) in [5.74, 6) is -0.665. The molecule has 0 saturated heterocycles. The number of ether oxygens (including phenoxy) is 1. The van der Waals surface area contributed by atoms with Gasteiger partial charge in [-0.15, -0.1) is 0 Å². The number of hydrogen-bond acceptors (Lipinski definition) is 4. The molecule has 0 bridgehead atoms. The Hall–Kier alpha value is -1.30. The van der Waals surface area contributed by atoms with Gasteiger partial charge in [0.05, 0.1) is 17.7 Å². The lowest BCUT2D eigenvalue weighted by Crippen LogP contribution is -2.22. The fraction of sp³-hybridized carbons (Fsp3) is 0.357. The quantitative estimate of drug-likeness (QED) is 0.619. The summed E-state index contributed by atoms with van der Waals surface area (Å²) in [4.78, 5) is 28.5. The number of aromatic nitrogens is 2. The standard InChI is InChI=1S/C14H13Cl3N2O3/c1-3-19-7-9(13(21)22-4-2)11(20)8-5-6-10(14(15,16)17)18-12(8)19/h5-7H,3-4H2,1-2H3. The van der Waals surface area contributed by atoms with Crippen molar-refractivity contribution in [2.45, 2.75) is 24.2 Å². The zero-order valence-corrected chi connectivity index (χ0v) is 14.2. The number of carbonyl (C=O) groups excluding carboxylic acids is 1. The molecule has 0 spiro atoms. The predicted molar refractivity (Wildman–Crippen MR) is 86.9 cm³/mol. The number of rotatable bonds is 3. The number of pyridine rings is 2. The van der Waals surface area contributed by atoms with Crippen LogP contribution in [0.3, 0.4) is 0 Å². The van der Waals surface area contributed by atoms with E-state index >= 15 is 0 Å². The number of halogens is 3. The fourth-order valence-corrected chi connectivity index (χ4v) is 2.33. The van der Waals surface area contributed by atoms with Gasteiger partial charge in [0.2, 0.25) is 9.22 Å². The van der Waals surface area contributed by atoms with Gasteiger partial charge in [0.1, 0.15) is 11.2 Å². The lowest BCUT2D eigenvalue weighted by atomic mass is 10.2. The van der Waals surface area contributed by atoms with Crippen molar-refractivity contribution in [1.29, 1.82) is 0 Å². The zero-order chi connectivity index (χ0) is 16.5. The molecule has 0 aliphatic carbocycles. The Morgan fingerprint density at radius 3 is 2.55 bits per heavy atom. The van der Waals surface area contributed by atoms with Crippen molar-refractivity contribution in [1.82, 2.24) is 9.55 Å². The molecule has 0 saturated carbocycles. The molecule has 0 aliphatic rings. The first-order chi connectivity index (χ1) is 10.3. The maximum absolute atomic E-state index is 12.4. The van der Waals surface area contributed by atoms with Crippen molar-refractivity contribution in [2.75, 3.05) is 6.61 Å². The summed E-state index contributed by atoms with van der Waals surface area (Å²) in [6.45, 7) is 4.20. The number of esters is 1. The molecule has 2 rings (SSSR count). The Kier molecular flexibility index (Phi) is 5.00. The minimum absolute atomic E-state index is 0.0420. The average molecular weight is 364 g/mol. The molecule has 2 heterocycles. The highest BCUT2D eigenvalue weighted by molar-refractivity contribution is 6.66. The molecule has 0 fully saturated rings.